The Bertz CT molecular complexity index is 1220. The number of ether oxygens (including phenoxy) is 1. The predicted octanol–water partition coefficient (Wildman–Crippen LogP) is 3.93. The molecule has 2 aromatic carbocycles. The van der Waals surface area contributed by atoms with Gasteiger partial charge in [-0.1, -0.05) is 29.8 Å². The van der Waals surface area contributed by atoms with Crippen molar-refractivity contribution >= 4 is 27.4 Å². The minimum Gasteiger partial charge on any atom is -0.495 e. The third kappa shape index (κ3) is 4.30. The van der Waals surface area contributed by atoms with Crippen LogP contribution in [0.1, 0.15) is 11.1 Å². The summed E-state index contributed by atoms with van der Waals surface area (Å²) in [6.07, 6.45) is 0. The molecule has 1 aromatic heterocycles. The van der Waals surface area contributed by atoms with Crippen LogP contribution in [0.15, 0.2) is 53.4 Å². The van der Waals surface area contributed by atoms with Crippen molar-refractivity contribution in [2.24, 2.45) is 0 Å². The largest absolute Gasteiger partial charge is 0.495 e. The van der Waals surface area contributed by atoms with Crippen LogP contribution >= 0.6 is 11.6 Å². The molecule has 1 aliphatic heterocycles. The maximum atomic E-state index is 13.3. The van der Waals surface area contributed by atoms with Gasteiger partial charge in [-0.15, -0.1) is 10.2 Å². The van der Waals surface area contributed by atoms with Crippen LogP contribution in [-0.4, -0.2) is 56.2 Å². The van der Waals surface area contributed by atoms with Crippen molar-refractivity contribution in [1.29, 1.82) is 0 Å². The first-order valence-electron chi connectivity index (χ1n) is 10.3. The summed E-state index contributed by atoms with van der Waals surface area (Å²) in [6, 6.07) is 14.7. The Morgan fingerprint density at radius 3 is 2.25 bits per heavy atom. The van der Waals surface area contributed by atoms with Crippen LogP contribution in [0.25, 0.3) is 11.3 Å². The zero-order chi connectivity index (χ0) is 22.9. The predicted molar refractivity (Wildman–Crippen MR) is 126 cm³/mol. The third-order valence-corrected chi connectivity index (χ3v) is 8.01. The lowest BCUT2D eigenvalue weighted by Crippen LogP contribution is -2.49. The summed E-state index contributed by atoms with van der Waals surface area (Å²) < 4.78 is 33.5. The van der Waals surface area contributed by atoms with Crippen LogP contribution < -0.4 is 9.64 Å². The molecule has 1 aliphatic rings. The molecule has 0 bridgehead atoms. The van der Waals surface area contributed by atoms with E-state index in [4.69, 9.17) is 16.3 Å². The van der Waals surface area contributed by atoms with Crippen molar-refractivity contribution < 1.29 is 13.2 Å². The first kappa shape index (κ1) is 22.5. The molecule has 0 amide bonds. The number of hydrogen-bond donors (Lipinski definition) is 0. The summed E-state index contributed by atoms with van der Waals surface area (Å²) in [6.45, 7) is 5.58. The Labute approximate surface area is 193 Å². The fraction of sp³-hybridized carbons (Fsp3) is 0.304. The highest BCUT2D eigenvalue weighted by Gasteiger charge is 2.31. The van der Waals surface area contributed by atoms with Crippen molar-refractivity contribution in [3.8, 4) is 17.0 Å². The van der Waals surface area contributed by atoms with Crippen molar-refractivity contribution in [2.75, 3.05) is 38.2 Å². The van der Waals surface area contributed by atoms with E-state index in [0.29, 0.717) is 48.5 Å². The quantitative estimate of drug-likeness (QED) is 0.560. The number of anilines is 1. The van der Waals surface area contributed by atoms with E-state index in [1.165, 1.54) is 11.4 Å². The van der Waals surface area contributed by atoms with Gasteiger partial charge in [0.25, 0.3) is 0 Å². The van der Waals surface area contributed by atoms with Crippen molar-refractivity contribution in [2.45, 2.75) is 18.7 Å². The van der Waals surface area contributed by atoms with Gasteiger partial charge in [0, 0.05) is 31.7 Å². The van der Waals surface area contributed by atoms with Gasteiger partial charge in [-0.3, -0.25) is 0 Å². The maximum Gasteiger partial charge on any atom is 0.246 e. The van der Waals surface area contributed by atoms with Gasteiger partial charge in [-0.2, -0.15) is 4.31 Å². The lowest BCUT2D eigenvalue weighted by atomic mass is 10.1. The van der Waals surface area contributed by atoms with Crippen molar-refractivity contribution in [3.05, 3.63) is 64.7 Å². The number of aryl methyl sites for hydroxylation is 2. The van der Waals surface area contributed by atoms with E-state index in [1.807, 2.05) is 55.1 Å². The second-order valence-corrected chi connectivity index (χ2v) is 10.0. The summed E-state index contributed by atoms with van der Waals surface area (Å²) in [7, 11) is -2.17. The zero-order valence-corrected chi connectivity index (χ0v) is 19.8. The van der Waals surface area contributed by atoms with Gasteiger partial charge in [0.15, 0.2) is 5.82 Å². The molecule has 3 aromatic rings. The van der Waals surface area contributed by atoms with E-state index in [9.17, 15) is 8.42 Å². The van der Waals surface area contributed by atoms with E-state index in [2.05, 4.69) is 10.2 Å². The van der Waals surface area contributed by atoms with Gasteiger partial charge >= 0.3 is 0 Å². The SMILES string of the molecule is COc1cc(C)c(C)cc1S(=O)(=O)N1CCN(c2ccc(-c3ccccc3Cl)nn2)CC1. The maximum absolute atomic E-state index is 13.3. The number of sulfonamides is 1. The van der Waals surface area contributed by atoms with E-state index in [1.54, 1.807) is 12.1 Å². The summed E-state index contributed by atoms with van der Waals surface area (Å²) in [4.78, 5) is 2.24. The first-order valence-corrected chi connectivity index (χ1v) is 12.1. The summed E-state index contributed by atoms with van der Waals surface area (Å²) >= 11 is 6.25. The highest BCUT2D eigenvalue weighted by Crippen LogP contribution is 2.31. The summed E-state index contributed by atoms with van der Waals surface area (Å²) in [5, 5.41) is 9.28. The van der Waals surface area contributed by atoms with Crippen LogP contribution in [0.2, 0.25) is 5.02 Å². The Kier molecular flexibility index (Phi) is 6.37. The van der Waals surface area contributed by atoms with Crippen molar-refractivity contribution in [3.63, 3.8) is 0 Å². The molecule has 1 fully saturated rings. The number of piperazine rings is 1. The number of aromatic nitrogens is 2. The molecule has 32 heavy (non-hydrogen) atoms. The number of halogens is 1. The topological polar surface area (TPSA) is 75.6 Å². The molecular weight excluding hydrogens is 448 g/mol. The molecule has 0 spiro atoms. The third-order valence-electron chi connectivity index (χ3n) is 5.76. The molecule has 0 atom stereocenters. The fourth-order valence-electron chi connectivity index (χ4n) is 3.73. The zero-order valence-electron chi connectivity index (χ0n) is 18.2. The first-order chi connectivity index (χ1) is 15.3. The molecule has 0 unspecified atom stereocenters. The van der Waals surface area contributed by atoms with Crippen LogP contribution in [-0.2, 0) is 10.0 Å². The van der Waals surface area contributed by atoms with E-state index in [0.717, 1.165) is 16.7 Å². The Hall–Kier alpha value is -2.68. The fourth-order valence-corrected chi connectivity index (χ4v) is 5.60. The van der Waals surface area contributed by atoms with Crippen LogP contribution in [0.5, 0.6) is 5.75 Å². The Morgan fingerprint density at radius 1 is 0.938 bits per heavy atom. The monoisotopic (exact) mass is 472 g/mol. The normalized spacial score (nSPS) is 15.1. The second-order valence-electron chi connectivity index (χ2n) is 7.74. The average molecular weight is 473 g/mol. The van der Waals surface area contributed by atoms with Crippen LogP contribution in [0, 0.1) is 13.8 Å². The molecule has 0 aliphatic carbocycles. The highest BCUT2D eigenvalue weighted by molar-refractivity contribution is 7.89. The standard InChI is InChI=1S/C23H25ClN4O3S/c1-16-14-21(31-3)22(15-17(16)2)32(29,30)28-12-10-27(11-13-28)23-9-8-20(25-26-23)18-6-4-5-7-19(18)24/h4-9,14-15H,10-13H2,1-3H3. The number of benzene rings is 2. The van der Waals surface area contributed by atoms with Gasteiger partial charge in [-0.05, 0) is 55.3 Å². The minimum absolute atomic E-state index is 0.209. The molecule has 0 radical (unpaired) electrons. The molecule has 0 N–H and O–H groups in total. The van der Waals surface area contributed by atoms with Crippen LogP contribution in [0.4, 0.5) is 5.82 Å². The van der Waals surface area contributed by atoms with Gasteiger partial charge in [-0.25, -0.2) is 8.42 Å². The van der Waals surface area contributed by atoms with Crippen molar-refractivity contribution in [1.82, 2.24) is 14.5 Å². The smallest absolute Gasteiger partial charge is 0.246 e. The average Bonchev–Trinajstić information content (AvgIpc) is 2.81. The molecule has 2 heterocycles. The molecule has 4 rings (SSSR count). The number of methoxy groups -OCH3 is 1. The lowest BCUT2D eigenvalue weighted by molar-refractivity contribution is 0.373. The lowest BCUT2D eigenvalue weighted by Gasteiger charge is -2.34. The number of rotatable bonds is 5. The summed E-state index contributed by atoms with van der Waals surface area (Å²) in [5.41, 5.74) is 3.43. The molecule has 1 saturated heterocycles. The van der Waals surface area contributed by atoms with Gasteiger partial charge in [0.1, 0.15) is 10.6 Å². The molecular formula is C23H25ClN4O3S. The minimum atomic E-state index is -3.67. The number of nitrogens with zero attached hydrogens (tertiary/aromatic N) is 4. The molecule has 0 saturated carbocycles. The van der Waals surface area contributed by atoms with E-state index < -0.39 is 10.0 Å². The molecule has 9 heteroatoms. The second kappa shape index (κ2) is 9.05. The highest BCUT2D eigenvalue weighted by atomic mass is 35.5. The van der Waals surface area contributed by atoms with Gasteiger partial charge < -0.3 is 9.64 Å². The van der Waals surface area contributed by atoms with E-state index >= 15 is 0 Å². The molecule has 168 valence electrons. The Morgan fingerprint density at radius 2 is 1.62 bits per heavy atom. The van der Waals surface area contributed by atoms with Crippen LogP contribution in [0.3, 0.4) is 0 Å². The number of hydrogen-bond acceptors (Lipinski definition) is 6. The molecule has 7 nitrogen and oxygen atoms in total. The van der Waals surface area contributed by atoms with E-state index in [-0.39, 0.29) is 4.90 Å². The Balaban J connectivity index is 1.49. The van der Waals surface area contributed by atoms with Gasteiger partial charge in [0.2, 0.25) is 10.0 Å². The van der Waals surface area contributed by atoms with Gasteiger partial charge in [0.05, 0.1) is 17.8 Å². The summed E-state index contributed by atoms with van der Waals surface area (Å²) in [5.74, 6) is 1.08.